The van der Waals surface area contributed by atoms with Gasteiger partial charge in [-0.05, 0) is 75.6 Å². The van der Waals surface area contributed by atoms with Gasteiger partial charge in [0.05, 0.1) is 0 Å². The third-order valence-electron chi connectivity index (χ3n) is 6.60. The van der Waals surface area contributed by atoms with Crippen LogP contribution in [0.1, 0.15) is 42.2 Å². The average Bonchev–Trinajstić information content (AvgIpc) is 3.07. The molecule has 0 aliphatic heterocycles. The van der Waals surface area contributed by atoms with Crippen LogP contribution in [0.25, 0.3) is 21.5 Å². The van der Waals surface area contributed by atoms with Gasteiger partial charge in [0, 0.05) is 0 Å². The van der Waals surface area contributed by atoms with Crippen molar-refractivity contribution in [1.82, 2.24) is 0 Å². The summed E-state index contributed by atoms with van der Waals surface area (Å²) in [6.07, 6.45) is 4.45. The van der Waals surface area contributed by atoms with E-state index in [-0.39, 0.29) is 0 Å². The third-order valence-corrected chi connectivity index (χ3v) is 6.60. The van der Waals surface area contributed by atoms with Crippen molar-refractivity contribution < 1.29 is 0 Å². The Morgan fingerprint density at radius 1 is 0.571 bits per heavy atom. The van der Waals surface area contributed by atoms with Crippen LogP contribution in [0, 0.1) is 11.8 Å². The largest absolute Gasteiger partial charge is 0.0616 e. The SMILES string of the molecule is c1ccc2c(c1)c1c(c3ccccc32)[C@H]2[C@@H]3CC[C@@H](C3)[C@@H]12. The van der Waals surface area contributed by atoms with Gasteiger partial charge < -0.3 is 0 Å². The fourth-order valence-corrected chi connectivity index (χ4v) is 5.94. The minimum absolute atomic E-state index is 0.883. The van der Waals surface area contributed by atoms with Crippen molar-refractivity contribution in [2.24, 2.45) is 11.8 Å². The molecule has 0 heterocycles. The number of rotatable bonds is 0. The van der Waals surface area contributed by atoms with Gasteiger partial charge in [-0.25, -0.2) is 0 Å². The van der Waals surface area contributed by atoms with Gasteiger partial charge in [0.15, 0.2) is 0 Å². The zero-order chi connectivity index (χ0) is 13.6. The van der Waals surface area contributed by atoms with E-state index < -0.39 is 0 Å². The van der Waals surface area contributed by atoms with E-state index in [1.165, 1.54) is 30.0 Å². The molecular weight excluding hydrogens is 252 g/mol. The molecule has 0 radical (unpaired) electrons. The standard InChI is InChI=1S/C21H18/c1-3-7-16-14(5-1)15-6-2-4-8-17(15)21-19-13-10-9-12(11-13)18(19)20(16)21/h1-8,12-13,18-19H,9-11H2/t12-,13+,18+,19-. The minimum Gasteiger partial charge on any atom is -0.0616 e. The van der Waals surface area contributed by atoms with Crippen molar-refractivity contribution in [2.45, 2.75) is 31.1 Å². The second-order valence-corrected chi connectivity index (χ2v) is 7.30. The topological polar surface area (TPSA) is 0 Å². The minimum atomic E-state index is 0.883. The molecule has 0 nitrogen and oxygen atoms in total. The van der Waals surface area contributed by atoms with E-state index >= 15 is 0 Å². The first-order valence-electron chi connectivity index (χ1n) is 8.37. The van der Waals surface area contributed by atoms with Gasteiger partial charge in [-0.2, -0.15) is 0 Å². The Morgan fingerprint density at radius 2 is 1.00 bits per heavy atom. The Kier molecular flexibility index (Phi) is 1.80. The summed E-state index contributed by atoms with van der Waals surface area (Å²) in [6, 6.07) is 18.2. The molecule has 3 aliphatic rings. The van der Waals surface area contributed by atoms with Crippen molar-refractivity contribution in [1.29, 1.82) is 0 Å². The van der Waals surface area contributed by atoms with E-state index in [9.17, 15) is 0 Å². The number of hydrogen-bond acceptors (Lipinski definition) is 0. The first-order chi connectivity index (χ1) is 10.4. The Labute approximate surface area is 124 Å². The quantitative estimate of drug-likeness (QED) is 0.466. The predicted molar refractivity (Wildman–Crippen MR) is 87.8 cm³/mol. The highest BCUT2D eigenvalue weighted by molar-refractivity contribution is 6.12. The molecule has 2 fully saturated rings. The maximum atomic E-state index is 2.36. The molecule has 0 unspecified atom stereocenters. The van der Waals surface area contributed by atoms with E-state index in [4.69, 9.17) is 0 Å². The molecule has 21 heavy (non-hydrogen) atoms. The van der Waals surface area contributed by atoms with Crippen molar-refractivity contribution in [3.63, 3.8) is 0 Å². The lowest BCUT2D eigenvalue weighted by Gasteiger charge is -2.44. The Balaban J connectivity index is 1.82. The van der Waals surface area contributed by atoms with Gasteiger partial charge in [0.1, 0.15) is 0 Å². The highest BCUT2D eigenvalue weighted by atomic mass is 14.6. The Hall–Kier alpha value is -1.82. The van der Waals surface area contributed by atoms with E-state index in [1.807, 2.05) is 0 Å². The van der Waals surface area contributed by atoms with Crippen molar-refractivity contribution in [3.05, 3.63) is 59.7 Å². The average molecular weight is 270 g/mol. The van der Waals surface area contributed by atoms with Gasteiger partial charge in [-0.15, -0.1) is 0 Å². The molecule has 0 amide bonds. The molecule has 4 atom stereocenters. The first-order valence-corrected chi connectivity index (χ1v) is 8.37. The maximum Gasteiger partial charge on any atom is -0.00524 e. The monoisotopic (exact) mass is 270 g/mol. The summed E-state index contributed by atoms with van der Waals surface area (Å²) in [4.78, 5) is 0. The summed E-state index contributed by atoms with van der Waals surface area (Å²) in [6.45, 7) is 0. The van der Waals surface area contributed by atoms with Crippen LogP contribution in [0.15, 0.2) is 48.5 Å². The second kappa shape index (κ2) is 3.50. The lowest BCUT2D eigenvalue weighted by molar-refractivity contribution is 0.328. The van der Waals surface area contributed by atoms with Gasteiger partial charge >= 0.3 is 0 Å². The number of hydrogen-bond donors (Lipinski definition) is 0. The van der Waals surface area contributed by atoms with Crippen molar-refractivity contribution >= 4 is 21.5 Å². The van der Waals surface area contributed by atoms with E-state index in [2.05, 4.69) is 48.5 Å². The predicted octanol–water partition coefficient (Wildman–Crippen LogP) is 5.60. The molecule has 6 rings (SSSR count). The van der Waals surface area contributed by atoms with Crippen molar-refractivity contribution in [3.8, 4) is 0 Å². The molecule has 3 aliphatic carbocycles. The first kappa shape index (κ1) is 10.8. The smallest absolute Gasteiger partial charge is 0.00524 e. The summed E-state index contributed by atoms with van der Waals surface area (Å²) in [5.74, 6) is 3.73. The molecule has 2 bridgehead atoms. The molecule has 2 saturated carbocycles. The summed E-state index contributed by atoms with van der Waals surface area (Å²) in [5, 5.41) is 6.01. The summed E-state index contributed by atoms with van der Waals surface area (Å²) >= 11 is 0. The van der Waals surface area contributed by atoms with Gasteiger partial charge in [0.2, 0.25) is 0 Å². The lowest BCUT2D eigenvalue weighted by atomic mass is 9.59. The molecule has 3 aromatic carbocycles. The van der Waals surface area contributed by atoms with Crippen LogP contribution in [0.5, 0.6) is 0 Å². The number of benzene rings is 3. The Morgan fingerprint density at radius 3 is 1.48 bits per heavy atom. The summed E-state index contributed by atoms with van der Waals surface area (Å²) in [7, 11) is 0. The van der Waals surface area contributed by atoms with Gasteiger partial charge in [0.25, 0.3) is 0 Å². The summed E-state index contributed by atoms with van der Waals surface area (Å²) < 4.78 is 0. The fraction of sp³-hybridized carbons (Fsp3) is 0.333. The Bertz CT molecular complexity index is 830. The van der Waals surface area contributed by atoms with Crippen LogP contribution < -0.4 is 0 Å². The van der Waals surface area contributed by atoms with Crippen molar-refractivity contribution in [2.75, 3.05) is 0 Å². The van der Waals surface area contributed by atoms with E-state index in [1.54, 1.807) is 21.9 Å². The molecular formula is C21H18. The van der Waals surface area contributed by atoms with Gasteiger partial charge in [-0.3, -0.25) is 0 Å². The second-order valence-electron chi connectivity index (χ2n) is 7.30. The van der Waals surface area contributed by atoms with E-state index in [0.29, 0.717) is 0 Å². The molecule has 3 aromatic rings. The molecule has 0 heteroatoms. The molecule has 0 aromatic heterocycles. The van der Waals surface area contributed by atoms with Crippen LogP contribution in [0.4, 0.5) is 0 Å². The molecule has 0 saturated heterocycles. The van der Waals surface area contributed by atoms with Crippen LogP contribution >= 0.6 is 0 Å². The van der Waals surface area contributed by atoms with Crippen LogP contribution in [-0.4, -0.2) is 0 Å². The third kappa shape index (κ3) is 1.12. The highest BCUT2D eigenvalue weighted by Crippen LogP contribution is 2.70. The summed E-state index contributed by atoms with van der Waals surface area (Å²) in [5.41, 5.74) is 3.45. The normalized spacial score (nSPS) is 32.2. The van der Waals surface area contributed by atoms with Crippen LogP contribution in [-0.2, 0) is 0 Å². The molecule has 0 N–H and O–H groups in total. The zero-order valence-corrected chi connectivity index (χ0v) is 12.0. The molecule has 0 spiro atoms. The van der Waals surface area contributed by atoms with Gasteiger partial charge in [-0.1, -0.05) is 48.5 Å². The van der Waals surface area contributed by atoms with Crippen LogP contribution in [0.2, 0.25) is 0 Å². The molecule has 102 valence electrons. The maximum absolute atomic E-state index is 2.36. The fourth-order valence-electron chi connectivity index (χ4n) is 5.94. The number of fused-ring (bicyclic) bond motifs is 13. The van der Waals surface area contributed by atoms with Crippen LogP contribution in [0.3, 0.4) is 0 Å². The van der Waals surface area contributed by atoms with E-state index in [0.717, 1.165) is 23.7 Å². The lowest BCUT2D eigenvalue weighted by Crippen LogP contribution is -2.30. The zero-order valence-electron chi connectivity index (χ0n) is 12.0. The highest BCUT2D eigenvalue weighted by Gasteiger charge is 2.56.